The van der Waals surface area contributed by atoms with E-state index >= 15 is 0 Å². The summed E-state index contributed by atoms with van der Waals surface area (Å²) in [5, 5.41) is 3.43. The largest absolute Gasteiger partial charge is 0.489 e. The summed E-state index contributed by atoms with van der Waals surface area (Å²) in [7, 11) is 0. The minimum Gasteiger partial charge on any atom is -0.489 e. The van der Waals surface area contributed by atoms with E-state index in [0.29, 0.717) is 36.2 Å². The Morgan fingerprint density at radius 3 is 2.61 bits per heavy atom. The molecule has 1 rings (SSSR count). The van der Waals surface area contributed by atoms with E-state index in [4.69, 9.17) is 37.5 Å². The van der Waals surface area contributed by atoms with Crippen molar-refractivity contribution in [3.8, 4) is 11.5 Å². The van der Waals surface area contributed by atoms with Gasteiger partial charge in [-0.15, -0.1) is 0 Å². The maximum absolute atomic E-state index is 12.4. The molecular weight excluding hydrogens is 344 g/mol. The van der Waals surface area contributed by atoms with Crippen LogP contribution in [0.4, 0.5) is 4.39 Å². The van der Waals surface area contributed by atoms with Crippen molar-refractivity contribution in [1.82, 2.24) is 0 Å². The van der Waals surface area contributed by atoms with Gasteiger partial charge < -0.3 is 14.3 Å². The molecular formula is C16H20Cl2FNO3. The molecule has 0 aromatic heterocycles. The summed E-state index contributed by atoms with van der Waals surface area (Å²) in [6.45, 7) is 6.33. The number of halogens is 3. The summed E-state index contributed by atoms with van der Waals surface area (Å²) in [6, 6.07) is 3.42. The van der Waals surface area contributed by atoms with Gasteiger partial charge in [-0.2, -0.15) is 4.39 Å². The van der Waals surface area contributed by atoms with Gasteiger partial charge in [-0.05, 0) is 31.9 Å². The van der Waals surface area contributed by atoms with Crippen LogP contribution in [-0.2, 0) is 11.3 Å². The van der Waals surface area contributed by atoms with Gasteiger partial charge in [0.2, 0.25) is 0 Å². The van der Waals surface area contributed by atoms with Crippen LogP contribution in [0.5, 0.6) is 11.5 Å². The van der Waals surface area contributed by atoms with Crippen LogP contribution in [0.1, 0.15) is 26.3 Å². The smallest absolute Gasteiger partial charge is 0.188 e. The highest BCUT2D eigenvalue weighted by Crippen LogP contribution is 2.34. The standard InChI is InChI=1S/C16H20Cl2FNO3/c1-4-12-9-13(21-6-5-15(18)19)10-14(17)16(12)22-7-8-23-20-11(2)3/h5,9-10H,4,6-8H2,1-3H3/b15-5-. The molecule has 1 aromatic carbocycles. The molecule has 0 aliphatic heterocycles. The zero-order valence-electron chi connectivity index (χ0n) is 13.4. The molecule has 0 aliphatic rings. The van der Waals surface area contributed by atoms with Gasteiger partial charge in [-0.25, -0.2) is 0 Å². The first kappa shape index (κ1) is 19.6. The minimum atomic E-state index is -0.809. The second kappa shape index (κ2) is 10.3. The van der Waals surface area contributed by atoms with Gasteiger partial charge in [0.05, 0.1) is 10.7 Å². The lowest BCUT2D eigenvalue weighted by molar-refractivity contribution is 0.106. The van der Waals surface area contributed by atoms with Crippen LogP contribution in [0.2, 0.25) is 5.02 Å². The molecule has 0 bridgehead atoms. The van der Waals surface area contributed by atoms with Crippen molar-refractivity contribution < 1.29 is 18.7 Å². The summed E-state index contributed by atoms with van der Waals surface area (Å²) in [6.07, 6.45) is 1.83. The Morgan fingerprint density at radius 1 is 1.26 bits per heavy atom. The molecule has 1 aromatic rings. The number of nitrogens with zero attached hydrogens (tertiary/aromatic N) is 1. The lowest BCUT2D eigenvalue weighted by Gasteiger charge is -2.14. The summed E-state index contributed by atoms with van der Waals surface area (Å²) in [5.41, 5.74) is 1.72. The topological polar surface area (TPSA) is 40.0 Å². The number of aryl methyl sites for hydroxylation is 1. The Kier molecular flexibility index (Phi) is 8.81. The number of benzene rings is 1. The normalized spacial score (nSPS) is 11.1. The van der Waals surface area contributed by atoms with Crippen LogP contribution in [-0.4, -0.2) is 25.5 Å². The van der Waals surface area contributed by atoms with Crippen LogP contribution in [0.3, 0.4) is 0 Å². The van der Waals surface area contributed by atoms with Gasteiger partial charge in [0.1, 0.15) is 24.7 Å². The summed E-state index contributed by atoms with van der Waals surface area (Å²) in [4.78, 5) is 5.07. The first-order chi connectivity index (χ1) is 10.9. The first-order valence-electron chi connectivity index (χ1n) is 7.16. The second-order valence-corrected chi connectivity index (χ2v) is 5.54. The monoisotopic (exact) mass is 363 g/mol. The van der Waals surface area contributed by atoms with Gasteiger partial charge in [-0.3, -0.25) is 0 Å². The van der Waals surface area contributed by atoms with Crippen LogP contribution < -0.4 is 9.47 Å². The molecule has 0 saturated heterocycles. The SMILES string of the molecule is CCc1cc(OC/C=C(\F)Cl)cc(Cl)c1OCCON=C(C)C. The molecule has 0 aliphatic carbocycles. The third-order valence-electron chi connectivity index (χ3n) is 2.63. The van der Waals surface area contributed by atoms with E-state index in [1.165, 1.54) is 0 Å². The number of hydrogen-bond donors (Lipinski definition) is 0. The first-order valence-corrected chi connectivity index (χ1v) is 7.92. The van der Waals surface area contributed by atoms with E-state index in [9.17, 15) is 4.39 Å². The van der Waals surface area contributed by atoms with Crippen LogP contribution in [0.25, 0.3) is 0 Å². The fourth-order valence-corrected chi connectivity index (χ4v) is 2.03. The van der Waals surface area contributed by atoms with Gasteiger partial charge in [-0.1, -0.05) is 35.3 Å². The predicted octanol–water partition coefficient (Wildman–Crippen LogP) is 5.12. The maximum atomic E-state index is 12.4. The van der Waals surface area contributed by atoms with Crippen molar-refractivity contribution in [1.29, 1.82) is 0 Å². The lowest BCUT2D eigenvalue weighted by atomic mass is 10.1. The minimum absolute atomic E-state index is 0.0250. The molecule has 0 saturated carbocycles. The lowest BCUT2D eigenvalue weighted by Crippen LogP contribution is -2.07. The summed E-state index contributed by atoms with van der Waals surface area (Å²) < 4.78 is 23.5. The van der Waals surface area contributed by atoms with Crippen molar-refractivity contribution >= 4 is 28.9 Å². The molecule has 0 atom stereocenters. The van der Waals surface area contributed by atoms with Gasteiger partial charge in [0.25, 0.3) is 0 Å². The zero-order chi connectivity index (χ0) is 17.2. The average Bonchev–Trinajstić information content (AvgIpc) is 2.47. The predicted molar refractivity (Wildman–Crippen MR) is 91.6 cm³/mol. The fourth-order valence-electron chi connectivity index (χ4n) is 1.69. The van der Waals surface area contributed by atoms with E-state index in [1.54, 1.807) is 12.1 Å². The number of oxime groups is 1. The van der Waals surface area contributed by atoms with Gasteiger partial charge in [0, 0.05) is 12.1 Å². The molecule has 0 unspecified atom stereocenters. The Balaban J connectivity index is 2.69. The highest BCUT2D eigenvalue weighted by molar-refractivity contribution is 6.32. The Bertz CT molecular complexity index is 569. The van der Waals surface area contributed by atoms with Crippen molar-refractivity contribution in [3.63, 3.8) is 0 Å². The number of rotatable bonds is 9. The van der Waals surface area contributed by atoms with Crippen LogP contribution in [0.15, 0.2) is 28.7 Å². The number of ether oxygens (including phenoxy) is 2. The molecule has 0 N–H and O–H groups in total. The summed E-state index contributed by atoms with van der Waals surface area (Å²) in [5.74, 6) is 1.11. The highest BCUT2D eigenvalue weighted by atomic mass is 35.5. The van der Waals surface area contributed by atoms with Gasteiger partial charge in [0.15, 0.2) is 11.9 Å². The van der Waals surface area contributed by atoms with Crippen molar-refractivity contribution in [2.45, 2.75) is 27.2 Å². The Labute approximate surface area is 145 Å². The molecule has 7 heteroatoms. The van der Waals surface area contributed by atoms with E-state index in [-0.39, 0.29) is 6.61 Å². The van der Waals surface area contributed by atoms with E-state index < -0.39 is 5.29 Å². The molecule has 0 spiro atoms. The molecule has 0 amide bonds. The Hall–Kier alpha value is -1.46. The molecule has 128 valence electrons. The highest BCUT2D eigenvalue weighted by Gasteiger charge is 2.11. The molecule has 0 radical (unpaired) electrons. The number of hydrogen-bond acceptors (Lipinski definition) is 4. The fraction of sp³-hybridized carbons (Fsp3) is 0.438. The maximum Gasteiger partial charge on any atom is 0.188 e. The van der Waals surface area contributed by atoms with E-state index in [1.807, 2.05) is 20.8 Å². The third kappa shape index (κ3) is 7.57. The van der Waals surface area contributed by atoms with Crippen molar-refractivity contribution in [2.75, 3.05) is 19.8 Å². The molecule has 0 fully saturated rings. The van der Waals surface area contributed by atoms with Crippen LogP contribution >= 0.6 is 23.2 Å². The second-order valence-electron chi connectivity index (χ2n) is 4.77. The molecule has 23 heavy (non-hydrogen) atoms. The Morgan fingerprint density at radius 2 is 2.00 bits per heavy atom. The van der Waals surface area contributed by atoms with Crippen LogP contribution in [0, 0.1) is 0 Å². The quantitative estimate of drug-likeness (QED) is 0.347. The summed E-state index contributed by atoms with van der Waals surface area (Å²) >= 11 is 11.3. The molecule has 0 heterocycles. The van der Waals surface area contributed by atoms with E-state index in [0.717, 1.165) is 17.4 Å². The van der Waals surface area contributed by atoms with Crippen molar-refractivity contribution in [2.24, 2.45) is 5.16 Å². The molecule has 4 nitrogen and oxygen atoms in total. The average molecular weight is 364 g/mol. The van der Waals surface area contributed by atoms with Crippen molar-refractivity contribution in [3.05, 3.63) is 34.1 Å². The van der Waals surface area contributed by atoms with Gasteiger partial charge >= 0.3 is 0 Å². The zero-order valence-corrected chi connectivity index (χ0v) is 14.9. The van der Waals surface area contributed by atoms with E-state index in [2.05, 4.69) is 5.16 Å². The third-order valence-corrected chi connectivity index (χ3v) is 3.07.